The lowest BCUT2D eigenvalue weighted by Crippen LogP contribution is -2.35. The first-order valence-electron chi connectivity index (χ1n) is 5.98. The minimum Gasteiger partial charge on any atom is -0.482 e. The van der Waals surface area contributed by atoms with Crippen molar-refractivity contribution < 1.29 is 9.53 Å². The van der Waals surface area contributed by atoms with Crippen LogP contribution in [0.4, 0.5) is 0 Å². The van der Waals surface area contributed by atoms with Gasteiger partial charge < -0.3 is 15.8 Å². The molecule has 3 N–H and O–H groups in total. The highest BCUT2D eigenvalue weighted by molar-refractivity contribution is 6.32. The lowest BCUT2D eigenvalue weighted by Gasteiger charge is -2.14. The van der Waals surface area contributed by atoms with E-state index in [0.717, 1.165) is 12.0 Å². The van der Waals surface area contributed by atoms with Gasteiger partial charge in [-0.05, 0) is 19.4 Å². The molecule has 1 aromatic carbocycles. The first-order valence-corrected chi connectivity index (χ1v) is 6.35. The molecule has 1 rings (SSSR count). The molecular weight excluding hydrogens is 252 g/mol. The first kappa shape index (κ1) is 14.8. The number of carbonyl (C=O) groups excluding carboxylic acids is 1. The van der Waals surface area contributed by atoms with Gasteiger partial charge in [0, 0.05) is 18.2 Å². The maximum absolute atomic E-state index is 11.6. The summed E-state index contributed by atoms with van der Waals surface area (Å²) in [5.41, 5.74) is 6.38. The Morgan fingerprint density at radius 1 is 1.56 bits per heavy atom. The number of para-hydroxylation sites is 1. The smallest absolute Gasteiger partial charge is 0.258 e. The second kappa shape index (κ2) is 7.24. The number of ether oxygens (including phenoxy) is 1. The molecule has 1 amide bonds. The Morgan fingerprint density at radius 2 is 2.28 bits per heavy atom. The van der Waals surface area contributed by atoms with E-state index >= 15 is 0 Å². The lowest BCUT2D eigenvalue weighted by atomic mass is 10.2. The van der Waals surface area contributed by atoms with E-state index < -0.39 is 0 Å². The minimum absolute atomic E-state index is 0.0545. The molecule has 100 valence electrons. The number of rotatable bonds is 6. The number of hydrogen-bond acceptors (Lipinski definition) is 3. The van der Waals surface area contributed by atoms with Crippen LogP contribution in [0.1, 0.15) is 25.8 Å². The summed E-state index contributed by atoms with van der Waals surface area (Å²) in [4.78, 5) is 11.6. The average Bonchev–Trinajstić information content (AvgIpc) is 2.36. The van der Waals surface area contributed by atoms with Gasteiger partial charge in [0.15, 0.2) is 6.61 Å². The molecule has 0 aliphatic carbocycles. The molecule has 0 spiro atoms. The second-order valence-electron chi connectivity index (χ2n) is 4.10. The van der Waals surface area contributed by atoms with Gasteiger partial charge in [0.1, 0.15) is 5.75 Å². The third kappa shape index (κ3) is 4.20. The van der Waals surface area contributed by atoms with Gasteiger partial charge in [0.25, 0.3) is 5.91 Å². The van der Waals surface area contributed by atoms with Crippen LogP contribution in [-0.4, -0.2) is 18.6 Å². The van der Waals surface area contributed by atoms with Crippen LogP contribution < -0.4 is 15.8 Å². The van der Waals surface area contributed by atoms with E-state index in [1.54, 1.807) is 12.1 Å². The van der Waals surface area contributed by atoms with Gasteiger partial charge in [-0.1, -0.05) is 30.7 Å². The molecule has 0 heterocycles. The fraction of sp³-hybridized carbons (Fsp3) is 0.462. The summed E-state index contributed by atoms with van der Waals surface area (Å²) < 4.78 is 5.44. The fourth-order valence-corrected chi connectivity index (χ4v) is 1.68. The van der Waals surface area contributed by atoms with Gasteiger partial charge in [-0.15, -0.1) is 0 Å². The van der Waals surface area contributed by atoms with Crippen LogP contribution in [0.15, 0.2) is 18.2 Å². The number of nitrogens with two attached hydrogens (primary N) is 1. The van der Waals surface area contributed by atoms with Gasteiger partial charge in [-0.2, -0.15) is 0 Å². The van der Waals surface area contributed by atoms with Crippen molar-refractivity contribution in [2.24, 2.45) is 5.73 Å². The molecule has 18 heavy (non-hydrogen) atoms. The van der Waals surface area contributed by atoms with Crippen molar-refractivity contribution in [3.05, 3.63) is 28.8 Å². The standard InChI is InChI=1S/C13H19ClN2O2/c1-3-9(2)16-12(17)8-18-13-10(7-15)5-4-6-11(13)14/h4-6,9H,3,7-8,15H2,1-2H3,(H,16,17). The molecular formula is C13H19ClN2O2. The summed E-state index contributed by atoms with van der Waals surface area (Å²) in [6.45, 7) is 4.22. The molecule has 1 atom stereocenters. The number of hydrogen-bond donors (Lipinski definition) is 2. The Balaban J connectivity index is 2.60. The quantitative estimate of drug-likeness (QED) is 0.832. The average molecular weight is 271 g/mol. The Kier molecular flexibility index (Phi) is 5.95. The molecule has 0 saturated carbocycles. The third-order valence-electron chi connectivity index (χ3n) is 2.64. The van der Waals surface area contributed by atoms with E-state index in [1.807, 2.05) is 19.9 Å². The van der Waals surface area contributed by atoms with Gasteiger partial charge in [-0.25, -0.2) is 0 Å². The number of nitrogens with one attached hydrogen (secondary N) is 1. The van der Waals surface area contributed by atoms with Crippen LogP contribution in [0.5, 0.6) is 5.75 Å². The summed E-state index contributed by atoms with van der Waals surface area (Å²) >= 11 is 6.01. The van der Waals surface area contributed by atoms with Crippen LogP contribution >= 0.6 is 11.6 Å². The molecule has 0 aliphatic rings. The molecule has 0 saturated heterocycles. The van der Waals surface area contributed by atoms with E-state index in [1.165, 1.54) is 0 Å². The number of carbonyl (C=O) groups is 1. The van der Waals surface area contributed by atoms with E-state index in [4.69, 9.17) is 22.1 Å². The summed E-state index contributed by atoms with van der Waals surface area (Å²) in [7, 11) is 0. The number of halogens is 1. The predicted octanol–water partition coefficient (Wildman–Crippen LogP) is 2.09. The van der Waals surface area contributed by atoms with Gasteiger partial charge >= 0.3 is 0 Å². The highest BCUT2D eigenvalue weighted by atomic mass is 35.5. The third-order valence-corrected chi connectivity index (χ3v) is 2.93. The zero-order valence-corrected chi connectivity index (χ0v) is 11.5. The van der Waals surface area contributed by atoms with Crippen molar-refractivity contribution in [2.75, 3.05) is 6.61 Å². The Bertz CT molecular complexity index is 410. The SMILES string of the molecule is CCC(C)NC(=O)COc1c(Cl)cccc1CN. The largest absolute Gasteiger partial charge is 0.482 e. The predicted molar refractivity (Wildman–Crippen MR) is 72.7 cm³/mol. The van der Waals surface area contributed by atoms with E-state index in [2.05, 4.69) is 5.32 Å². The molecule has 5 heteroatoms. The molecule has 0 radical (unpaired) electrons. The van der Waals surface area contributed by atoms with Gasteiger partial charge in [0.05, 0.1) is 5.02 Å². The van der Waals surface area contributed by atoms with Crippen molar-refractivity contribution in [1.82, 2.24) is 5.32 Å². The summed E-state index contributed by atoms with van der Waals surface area (Å²) in [6, 6.07) is 5.48. The molecule has 1 unspecified atom stereocenters. The van der Waals surface area contributed by atoms with Gasteiger partial charge in [-0.3, -0.25) is 4.79 Å². The zero-order valence-electron chi connectivity index (χ0n) is 10.7. The molecule has 0 bridgehead atoms. The van der Waals surface area contributed by atoms with Crippen LogP contribution in [-0.2, 0) is 11.3 Å². The van der Waals surface area contributed by atoms with E-state index in [9.17, 15) is 4.79 Å². The Hall–Kier alpha value is -1.26. The molecule has 1 aromatic rings. The maximum atomic E-state index is 11.6. The van der Waals surface area contributed by atoms with E-state index in [0.29, 0.717) is 17.3 Å². The zero-order chi connectivity index (χ0) is 13.5. The van der Waals surface area contributed by atoms with Crippen LogP contribution in [0.2, 0.25) is 5.02 Å². The fourth-order valence-electron chi connectivity index (χ4n) is 1.43. The lowest BCUT2D eigenvalue weighted by molar-refractivity contribution is -0.123. The topological polar surface area (TPSA) is 64.3 Å². The van der Waals surface area contributed by atoms with Crippen molar-refractivity contribution in [3.63, 3.8) is 0 Å². The van der Waals surface area contributed by atoms with Crippen molar-refractivity contribution in [1.29, 1.82) is 0 Å². The molecule has 0 fully saturated rings. The van der Waals surface area contributed by atoms with Crippen LogP contribution in [0, 0.1) is 0 Å². The van der Waals surface area contributed by atoms with E-state index in [-0.39, 0.29) is 18.6 Å². The highest BCUT2D eigenvalue weighted by Crippen LogP contribution is 2.28. The monoisotopic (exact) mass is 270 g/mol. The summed E-state index contributed by atoms with van der Waals surface area (Å²) in [5, 5.41) is 3.29. The van der Waals surface area contributed by atoms with Crippen molar-refractivity contribution in [2.45, 2.75) is 32.9 Å². The molecule has 4 nitrogen and oxygen atoms in total. The minimum atomic E-state index is -0.160. The number of benzene rings is 1. The second-order valence-corrected chi connectivity index (χ2v) is 4.50. The maximum Gasteiger partial charge on any atom is 0.258 e. The summed E-state index contributed by atoms with van der Waals surface area (Å²) in [5.74, 6) is 0.327. The van der Waals surface area contributed by atoms with Crippen LogP contribution in [0.3, 0.4) is 0 Å². The first-order chi connectivity index (χ1) is 8.58. The normalized spacial score (nSPS) is 12.0. The summed E-state index contributed by atoms with van der Waals surface area (Å²) in [6.07, 6.45) is 0.881. The Morgan fingerprint density at radius 3 is 2.89 bits per heavy atom. The van der Waals surface area contributed by atoms with Crippen molar-refractivity contribution >= 4 is 17.5 Å². The number of amides is 1. The molecule has 0 aromatic heterocycles. The van der Waals surface area contributed by atoms with Crippen LogP contribution in [0.25, 0.3) is 0 Å². The Labute approximate surface area is 112 Å². The van der Waals surface area contributed by atoms with Crippen molar-refractivity contribution in [3.8, 4) is 5.75 Å². The van der Waals surface area contributed by atoms with Gasteiger partial charge in [0.2, 0.25) is 0 Å². The highest BCUT2D eigenvalue weighted by Gasteiger charge is 2.10. The molecule has 0 aliphatic heterocycles.